The van der Waals surface area contributed by atoms with Gasteiger partial charge in [-0.3, -0.25) is 14.9 Å². The van der Waals surface area contributed by atoms with Crippen LogP contribution in [0.1, 0.15) is 30.4 Å². The lowest BCUT2D eigenvalue weighted by Crippen LogP contribution is -2.14. The summed E-state index contributed by atoms with van der Waals surface area (Å²) in [6.45, 7) is 1.49. The average Bonchev–Trinajstić information content (AvgIpc) is 2.28. The highest BCUT2D eigenvalue weighted by Gasteiger charge is 2.34. The molecule has 1 aromatic carbocycles. The number of carboxylic acids is 1. The van der Waals surface area contributed by atoms with Gasteiger partial charge in [0.25, 0.3) is 5.69 Å². The van der Waals surface area contributed by atoms with Gasteiger partial charge in [0.2, 0.25) is 0 Å². The maximum Gasteiger partial charge on any atom is 0.416 e. The van der Waals surface area contributed by atoms with Crippen LogP contribution in [0.15, 0.2) is 18.2 Å². The second-order valence-corrected chi connectivity index (χ2v) is 3.83. The summed E-state index contributed by atoms with van der Waals surface area (Å²) >= 11 is 0. The fraction of sp³-hybridized carbons (Fsp3) is 0.364. The van der Waals surface area contributed by atoms with Crippen molar-refractivity contribution in [2.75, 3.05) is 0 Å². The van der Waals surface area contributed by atoms with Gasteiger partial charge in [-0.1, -0.05) is 13.0 Å². The molecule has 0 aromatic heterocycles. The molecule has 0 saturated carbocycles. The highest BCUT2D eigenvalue weighted by atomic mass is 19.4. The number of alkyl halides is 3. The van der Waals surface area contributed by atoms with Crippen molar-refractivity contribution in [1.82, 2.24) is 0 Å². The Bertz CT molecular complexity index is 513. The molecule has 5 nitrogen and oxygen atoms in total. The molecule has 0 heterocycles. The van der Waals surface area contributed by atoms with Crippen molar-refractivity contribution in [2.24, 2.45) is 0 Å². The molecule has 104 valence electrons. The lowest BCUT2D eigenvalue weighted by Gasteiger charge is -2.12. The highest BCUT2D eigenvalue weighted by molar-refractivity contribution is 5.77. The first-order valence-electron chi connectivity index (χ1n) is 5.26. The van der Waals surface area contributed by atoms with Crippen LogP contribution >= 0.6 is 0 Å². The number of carboxylic acid groups (broad SMARTS) is 1. The van der Waals surface area contributed by atoms with Crippen molar-refractivity contribution in [3.8, 4) is 0 Å². The molecule has 0 spiro atoms. The summed E-state index contributed by atoms with van der Waals surface area (Å²) in [5, 5.41) is 19.7. The van der Waals surface area contributed by atoms with Gasteiger partial charge in [-0.25, -0.2) is 0 Å². The third-order valence-electron chi connectivity index (χ3n) is 2.64. The molecule has 1 atom stereocenters. The van der Waals surface area contributed by atoms with E-state index in [1.807, 2.05) is 0 Å². The van der Waals surface area contributed by atoms with E-state index in [1.54, 1.807) is 0 Å². The van der Waals surface area contributed by atoms with Crippen molar-refractivity contribution in [2.45, 2.75) is 25.4 Å². The first-order chi connectivity index (χ1) is 8.68. The molecule has 8 heteroatoms. The summed E-state index contributed by atoms with van der Waals surface area (Å²) in [5.41, 5.74) is -2.24. The van der Waals surface area contributed by atoms with E-state index in [2.05, 4.69) is 0 Å². The number of nitro benzene ring substituents is 1. The van der Waals surface area contributed by atoms with Crippen LogP contribution in [0.25, 0.3) is 0 Å². The fourth-order valence-electron chi connectivity index (χ4n) is 1.70. The van der Waals surface area contributed by atoms with Crippen LogP contribution in [0, 0.1) is 10.1 Å². The van der Waals surface area contributed by atoms with Crippen LogP contribution in [0.2, 0.25) is 0 Å². The second-order valence-electron chi connectivity index (χ2n) is 3.83. The molecule has 1 unspecified atom stereocenters. The Balaban J connectivity index is 3.42. The van der Waals surface area contributed by atoms with E-state index >= 15 is 0 Å². The minimum absolute atomic E-state index is 0.0432. The van der Waals surface area contributed by atoms with Crippen LogP contribution in [-0.4, -0.2) is 16.0 Å². The van der Waals surface area contributed by atoms with Crippen LogP contribution in [0.5, 0.6) is 0 Å². The van der Waals surface area contributed by atoms with Gasteiger partial charge in [-0.2, -0.15) is 13.2 Å². The molecule has 0 aliphatic carbocycles. The predicted molar refractivity (Wildman–Crippen MR) is 58.8 cm³/mol. The second kappa shape index (κ2) is 5.25. The minimum Gasteiger partial charge on any atom is -0.481 e. The smallest absolute Gasteiger partial charge is 0.416 e. The Morgan fingerprint density at radius 2 is 2.05 bits per heavy atom. The minimum atomic E-state index is -4.71. The maximum absolute atomic E-state index is 12.5. The van der Waals surface area contributed by atoms with Gasteiger partial charge in [0.05, 0.1) is 16.4 Å². The first kappa shape index (κ1) is 14.9. The summed E-state index contributed by atoms with van der Waals surface area (Å²) in [4.78, 5) is 20.7. The SMILES string of the molecule is CCC(C(=O)O)c1ccc(C(F)(F)F)cc1[N+](=O)[O-]. The fourth-order valence-corrected chi connectivity index (χ4v) is 1.70. The molecule has 0 fully saturated rings. The molecule has 0 radical (unpaired) electrons. The molecule has 0 bridgehead atoms. The Morgan fingerprint density at radius 3 is 2.42 bits per heavy atom. The summed E-state index contributed by atoms with van der Waals surface area (Å²) in [7, 11) is 0. The number of rotatable bonds is 4. The Morgan fingerprint density at radius 1 is 1.47 bits per heavy atom. The standard InChI is InChI=1S/C11H10F3NO4/c1-2-7(10(16)17)8-4-3-6(11(12,13)14)5-9(8)15(18)19/h3-5,7H,2H2,1H3,(H,16,17). The molecular formula is C11H10F3NO4. The molecular weight excluding hydrogens is 267 g/mol. The zero-order valence-corrected chi connectivity index (χ0v) is 9.77. The van der Waals surface area contributed by atoms with Gasteiger partial charge >= 0.3 is 12.1 Å². The Kier molecular flexibility index (Phi) is 4.13. The molecule has 1 rings (SSSR count). The third kappa shape index (κ3) is 3.21. The van der Waals surface area contributed by atoms with E-state index in [-0.39, 0.29) is 12.0 Å². The number of nitrogens with zero attached hydrogens (tertiary/aromatic N) is 1. The van der Waals surface area contributed by atoms with Crippen molar-refractivity contribution >= 4 is 11.7 Å². The molecule has 1 aromatic rings. The molecule has 0 saturated heterocycles. The molecule has 1 N–H and O–H groups in total. The van der Waals surface area contributed by atoms with E-state index in [0.717, 1.165) is 6.07 Å². The largest absolute Gasteiger partial charge is 0.481 e. The number of benzene rings is 1. The number of halogens is 3. The van der Waals surface area contributed by atoms with E-state index in [9.17, 15) is 28.1 Å². The highest BCUT2D eigenvalue weighted by Crippen LogP contribution is 2.36. The predicted octanol–water partition coefficient (Wildman–Crippen LogP) is 3.19. The van der Waals surface area contributed by atoms with E-state index in [0.29, 0.717) is 12.1 Å². The number of aliphatic carboxylic acids is 1. The summed E-state index contributed by atoms with van der Waals surface area (Å²) < 4.78 is 37.4. The maximum atomic E-state index is 12.5. The van der Waals surface area contributed by atoms with E-state index < -0.39 is 34.2 Å². The summed E-state index contributed by atoms with van der Waals surface area (Å²) in [6, 6.07) is 1.86. The van der Waals surface area contributed by atoms with Crippen LogP contribution in [-0.2, 0) is 11.0 Å². The van der Waals surface area contributed by atoms with Crippen molar-refractivity contribution in [1.29, 1.82) is 0 Å². The zero-order valence-electron chi connectivity index (χ0n) is 9.77. The lowest BCUT2D eigenvalue weighted by molar-refractivity contribution is -0.385. The molecule has 0 amide bonds. The van der Waals surface area contributed by atoms with Crippen LogP contribution in [0.4, 0.5) is 18.9 Å². The van der Waals surface area contributed by atoms with Gasteiger partial charge in [-0.15, -0.1) is 0 Å². The van der Waals surface area contributed by atoms with Crippen molar-refractivity contribution < 1.29 is 28.0 Å². The quantitative estimate of drug-likeness (QED) is 0.677. The third-order valence-corrected chi connectivity index (χ3v) is 2.64. The normalized spacial score (nSPS) is 13.1. The Hall–Kier alpha value is -2.12. The van der Waals surface area contributed by atoms with E-state index in [4.69, 9.17) is 5.11 Å². The number of hydrogen-bond acceptors (Lipinski definition) is 3. The summed E-state index contributed by atoms with van der Waals surface area (Å²) in [6.07, 6.45) is -4.67. The Labute approximate surface area is 105 Å². The lowest BCUT2D eigenvalue weighted by atomic mass is 9.94. The molecule has 0 aliphatic heterocycles. The number of carbonyl (C=O) groups is 1. The van der Waals surface area contributed by atoms with Gasteiger partial charge in [0.1, 0.15) is 0 Å². The average molecular weight is 277 g/mol. The first-order valence-corrected chi connectivity index (χ1v) is 5.26. The van der Waals surface area contributed by atoms with Crippen molar-refractivity contribution in [3.63, 3.8) is 0 Å². The summed E-state index contributed by atoms with van der Waals surface area (Å²) in [5.74, 6) is -2.52. The number of nitro groups is 1. The topological polar surface area (TPSA) is 80.4 Å². The van der Waals surface area contributed by atoms with Gasteiger partial charge < -0.3 is 5.11 Å². The van der Waals surface area contributed by atoms with Crippen molar-refractivity contribution in [3.05, 3.63) is 39.4 Å². The van der Waals surface area contributed by atoms with Gasteiger partial charge in [0.15, 0.2) is 0 Å². The zero-order chi connectivity index (χ0) is 14.8. The monoisotopic (exact) mass is 277 g/mol. The molecule has 19 heavy (non-hydrogen) atoms. The molecule has 0 aliphatic rings. The van der Waals surface area contributed by atoms with Gasteiger partial charge in [-0.05, 0) is 12.5 Å². The van der Waals surface area contributed by atoms with Crippen LogP contribution < -0.4 is 0 Å². The van der Waals surface area contributed by atoms with Crippen LogP contribution in [0.3, 0.4) is 0 Å². The van der Waals surface area contributed by atoms with Gasteiger partial charge in [0, 0.05) is 11.6 Å². The number of hydrogen-bond donors (Lipinski definition) is 1. The van der Waals surface area contributed by atoms with E-state index in [1.165, 1.54) is 6.92 Å².